The predicted octanol–water partition coefficient (Wildman–Crippen LogP) is 3.57. The summed E-state index contributed by atoms with van der Waals surface area (Å²) < 4.78 is 17.4. The molecule has 1 aliphatic heterocycles. The van der Waals surface area contributed by atoms with Crippen molar-refractivity contribution in [2.45, 2.75) is 77.9 Å². The second-order valence-corrected chi connectivity index (χ2v) is 9.94. The highest BCUT2D eigenvalue weighted by Gasteiger charge is 2.49. The predicted molar refractivity (Wildman–Crippen MR) is 113 cm³/mol. The minimum Gasteiger partial charge on any atom is -0.463 e. The third-order valence-corrected chi connectivity index (χ3v) is 6.83. The number of esters is 1. The maximum atomic E-state index is 13.0. The largest absolute Gasteiger partial charge is 0.463 e. The minimum absolute atomic E-state index is 0. The zero-order valence-electron chi connectivity index (χ0n) is 17.9. The summed E-state index contributed by atoms with van der Waals surface area (Å²) in [5.41, 5.74) is 1.75. The van der Waals surface area contributed by atoms with Crippen LogP contribution in [0.2, 0.25) is 0 Å². The van der Waals surface area contributed by atoms with E-state index in [1.807, 2.05) is 6.92 Å². The molecule has 6 nitrogen and oxygen atoms in total. The number of ether oxygens (including phenoxy) is 3. The molecule has 1 saturated heterocycles. The molecule has 2 spiro atoms. The molecule has 0 radical (unpaired) electrons. The minimum atomic E-state index is -0.611. The van der Waals surface area contributed by atoms with Gasteiger partial charge >= 0.3 is 5.97 Å². The van der Waals surface area contributed by atoms with Crippen LogP contribution in [0.25, 0.3) is 0 Å². The fraction of sp³-hybridized carbons (Fsp3) is 0.818. The average molecular weight is 426 g/mol. The molecular formula is C22H35NO5S. The van der Waals surface area contributed by atoms with Crippen molar-refractivity contribution in [1.82, 2.24) is 5.32 Å². The standard InChI is InChI=1S/C22H33NO5.H2S/c1-4-26-19(25)16-12-21(9-10-21)7-6-17(16)23-18(24)15-5-8-22(11-15)27-13-20(2,3)14-28-22;/h15H,4-14H2,1-3H3,(H,23,24);1H2/t15-;/m0./s1. The van der Waals surface area contributed by atoms with Crippen LogP contribution in [0.5, 0.6) is 0 Å². The van der Waals surface area contributed by atoms with Crippen LogP contribution in [0.1, 0.15) is 72.1 Å². The lowest BCUT2D eigenvalue weighted by Gasteiger charge is -2.41. The molecule has 0 aromatic heterocycles. The highest BCUT2D eigenvalue weighted by Crippen LogP contribution is 2.57. The Balaban J connectivity index is 0.00000240. The molecule has 2 saturated carbocycles. The van der Waals surface area contributed by atoms with Gasteiger partial charge in [-0.2, -0.15) is 13.5 Å². The van der Waals surface area contributed by atoms with Crippen molar-refractivity contribution in [3.63, 3.8) is 0 Å². The van der Waals surface area contributed by atoms with Crippen molar-refractivity contribution in [3.05, 3.63) is 11.3 Å². The van der Waals surface area contributed by atoms with Crippen molar-refractivity contribution in [3.8, 4) is 0 Å². The molecule has 3 fully saturated rings. The van der Waals surface area contributed by atoms with Gasteiger partial charge in [-0.3, -0.25) is 4.79 Å². The van der Waals surface area contributed by atoms with Crippen LogP contribution in [0.15, 0.2) is 11.3 Å². The summed E-state index contributed by atoms with van der Waals surface area (Å²) in [6.07, 6.45) is 6.95. The Morgan fingerprint density at radius 1 is 1.14 bits per heavy atom. The smallest absolute Gasteiger partial charge is 0.335 e. The van der Waals surface area contributed by atoms with Gasteiger partial charge in [-0.1, -0.05) is 13.8 Å². The fourth-order valence-corrected chi connectivity index (χ4v) is 4.71. The van der Waals surface area contributed by atoms with Gasteiger partial charge in [0.25, 0.3) is 0 Å². The molecule has 0 aromatic carbocycles. The van der Waals surface area contributed by atoms with Crippen molar-refractivity contribution in [2.75, 3.05) is 19.8 Å². The number of hydrogen-bond acceptors (Lipinski definition) is 5. The number of carbonyl (C=O) groups is 2. The second-order valence-electron chi connectivity index (χ2n) is 9.94. The molecular weight excluding hydrogens is 390 g/mol. The third-order valence-electron chi connectivity index (χ3n) is 6.83. The van der Waals surface area contributed by atoms with E-state index in [0.29, 0.717) is 31.8 Å². The van der Waals surface area contributed by atoms with Gasteiger partial charge in [-0.05, 0) is 50.9 Å². The van der Waals surface area contributed by atoms with Crippen molar-refractivity contribution in [2.24, 2.45) is 16.7 Å². The average Bonchev–Trinajstić information content (AvgIpc) is 3.27. The van der Waals surface area contributed by atoms with Crippen molar-refractivity contribution < 1.29 is 23.8 Å². The van der Waals surface area contributed by atoms with Gasteiger partial charge < -0.3 is 19.5 Å². The number of hydrogen-bond donors (Lipinski definition) is 1. The van der Waals surface area contributed by atoms with E-state index in [9.17, 15) is 9.59 Å². The molecule has 164 valence electrons. The highest BCUT2D eigenvalue weighted by molar-refractivity contribution is 7.59. The molecule has 3 aliphatic carbocycles. The molecule has 0 aromatic rings. The number of nitrogens with one attached hydrogen (secondary N) is 1. The van der Waals surface area contributed by atoms with E-state index in [0.717, 1.165) is 37.8 Å². The van der Waals surface area contributed by atoms with Crippen molar-refractivity contribution in [1.29, 1.82) is 0 Å². The van der Waals surface area contributed by atoms with Crippen LogP contribution < -0.4 is 5.32 Å². The quantitative estimate of drug-likeness (QED) is 0.697. The van der Waals surface area contributed by atoms with Gasteiger partial charge in [0.1, 0.15) is 0 Å². The van der Waals surface area contributed by atoms with Gasteiger partial charge in [0.05, 0.1) is 25.4 Å². The maximum Gasteiger partial charge on any atom is 0.335 e. The van der Waals surface area contributed by atoms with Crippen LogP contribution >= 0.6 is 13.5 Å². The number of carbonyl (C=O) groups excluding carboxylic acids is 2. The summed E-state index contributed by atoms with van der Waals surface area (Å²) in [5, 5.41) is 3.08. The van der Waals surface area contributed by atoms with E-state index in [1.165, 1.54) is 12.8 Å². The molecule has 0 bridgehead atoms. The Hall–Kier alpha value is -1.05. The normalized spacial score (nSPS) is 28.7. The summed E-state index contributed by atoms with van der Waals surface area (Å²) in [6, 6.07) is 0. The molecule has 1 N–H and O–H groups in total. The molecule has 1 heterocycles. The van der Waals surface area contributed by atoms with Crippen LogP contribution in [-0.4, -0.2) is 37.5 Å². The SMILES string of the molecule is CCOC(=O)C1=C(NC(=O)[C@H]2CCC3(C2)OCC(C)(C)CO3)CCC2(CC2)C1.S. The topological polar surface area (TPSA) is 73.9 Å². The van der Waals surface area contributed by atoms with Gasteiger partial charge in [0.15, 0.2) is 5.79 Å². The highest BCUT2D eigenvalue weighted by atomic mass is 32.1. The number of amides is 1. The van der Waals surface area contributed by atoms with Crippen LogP contribution in [0.4, 0.5) is 0 Å². The molecule has 1 amide bonds. The summed E-state index contributed by atoms with van der Waals surface area (Å²) in [5.74, 6) is -1.04. The zero-order chi connectivity index (χ0) is 20.0. The van der Waals surface area contributed by atoms with Gasteiger partial charge in [0, 0.05) is 29.9 Å². The van der Waals surface area contributed by atoms with E-state index >= 15 is 0 Å². The van der Waals surface area contributed by atoms with Crippen molar-refractivity contribution >= 4 is 25.4 Å². The Morgan fingerprint density at radius 2 is 1.83 bits per heavy atom. The Kier molecular flexibility index (Phi) is 6.42. The monoisotopic (exact) mass is 425 g/mol. The first-order chi connectivity index (χ1) is 13.3. The molecule has 7 heteroatoms. The van der Waals surface area contributed by atoms with Crippen LogP contribution in [0.3, 0.4) is 0 Å². The molecule has 4 rings (SSSR count). The van der Waals surface area contributed by atoms with Crippen LogP contribution in [-0.2, 0) is 23.8 Å². The first kappa shape index (κ1) is 22.6. The molecule has 0 unspecified atom stereocenters. The van der Waals surface area contributed by atoms with E-state index < -0.39 is 5.79 Å². The molecule has 29 heavy (non-hydrogen) atoms. The first-order valence-electron chi connectivity index (χ1n) is 10.7. The van der Waals surface area contributed by atoms with E-state index in [2.05, 4.69) is 19.2 Å². The molecule has 1 atom stereocenters. The summed E-state index contributed by atoms with van der Waals surface area (Å²) >= 11 is 0. The Labute approximate surface area is 180 Å². The lowest BCUT2D eigenvalue weighted by molar-refractivity contribution is -0.295. The summed E-state index contributed by atoms with van der Waals surface area (Å²) in [7, 11) is 0. The second kappa shape index (κ2) is 8.23. The zero-order valence-corrected chi connectivity index (χ0v) is 18.9. The van der Waals surface area contributed by atoms with Crippen LogP contribution in [0, 0.1) is 16.7 Å². The summed E-state index contributed by atoms with van der Waals surface area (Å²) in [4.78, 5) is 25.4. The molecule has 4 aliphatic rings. The van der Waals surface area contributed by atoms with Gasteiger partial charge in [-0.15, -0.1) is 0 Å². The number of rotatable bonds is 4. The van der Waals surface area contributed by atoms with Gasteiger partial charge in [-0.25, -0.2) is 4.79 Å². The summed E-state index contributed by atoms with van der Waals surface area (Å²) in [6.45, 7) is 7.72. The van der Waals surface area contributed by atoms with E-state index in [-0.39, 0.29) is 42.1 Å². The lowest BCUT2D eigenvalue weighted by atomic mass is 9.83. The maximum absolute atomic E-state index is 13.0. The fourth-order valence-electron chi connectivity index (χ4n) is 4.71. The first-order valence-corrected chi connectivity index (χ1v) is 10.7. The van der Waals surface area contributed by atoms with E-state index in [1.54, 1.807) is 0 Å². The Morgan fingerprint density at radius 3 is 2.45 bits per heavy atom. The van der Waals surface area contributed by atoms with Gasteiger partial charge in [0.2, 0.25) is 5.91 Å². The third kappa shape index (κ3) is 4.83. The lowest BCUT2D eigenvalue weighted by Crippen LogP contribution is -2.46. The Bertz CT molecular complexity index is 687. The van der Waals surface area contributed by atoms with E-state index in [4.69, 9.17) is 14.2 Å². The number of allylic oxidation sites excluding steroid dienone is 1.